The second-order valence-electron chi connectivity index (χ2n) is 6.58. The molecule has 0 radical (unpaired) electrons. The Hall–Kier alpha value is -1.22. The minimum absolute atomic E-state index is 0.109. The zero-order valence-corrected chi connectivity index (χ0v) is 14.5. The molecule has 0 spiro atoms. The highest BCUT2D eigenvalue weighted by atomic mass is 16.5. The molecule has 1 aromatic rings. The Morgan fingerprint density at radius 2 is 1.76 bits per heavy atom. The standard InChI is InChI=1S/C18H31NO2/c1-7-14(8-2)13-21-16-10-9-15(11-17(16)20-6)12-19-18(3,4)5/h9-11,14,19H,7-8,12-13H2,1-6H3. The summed E-state index contributed by atoms with van der Waals surface area (Å²) in [6.07, 6.45) is 2.29. The molecular formula is C18H31NO2. The molecule has 0 bridgehead atoms. The van der Waals surface area contributed by atoms with Crippen molar-refractivity contribution in [3.8, 4) is 11.5 Å². The van der Waals surface area contributed by atoms with E-state index in [2.05, 4.69) is 52.1 Å². The molecule has 0 fully saturated rings. The maximum atomic E-state index is 5.93. The number of benzene rings is 1. The summed E-state index contributed by atoms with van der Waals surface area (Å²) in [5.41, 5.74) is 1.31. The molecule has 0 aromatic heterocycles. The van der Waals surface area contributed by atoms with E-state index in [0.29, 0.717) is 5.92 Å². The lowest BCUT2D eigenvalue weighted by atomic mass is 10.1. The normalized spacial score (nSPS) is 11.8. The van der Waals surface area contributed by atoms with E-state index in [1.165, 1.54) is 5.56 Å². The van der Waals surface area contributed by atoms with Crippen molar-refractivity contribution in [1.29, 1.82) is 0 Å². The van der Waals surface area contributed by atoms with Crippen LogP contribution >= 0.6 is 0 Å². The first-order chi connectivity index (χ1) is 9.89. The molecule has 0 saturated carbocycles. The van der Waals surface area contributed by atoms with E-state index in [1.54, 1.807) is 7.11 Å². The zero-order valence-electron chi connectivity index (χ0n) is 14.5. The number of hydrogen-bond donors (Lipinski definition) is 1. The smallest absolute Gasteiger partial charge is 0.161 e. The molecule has 120 valence electrons. The summed E-state index contributed by atoms with van der Waals surface area (Å²) >= 11 is 0. The third kappa shape index (κ3) is 6.38. The van der Waals surface area contributed by atoms with Crippen molar-refractivity contribution in [2.75, 3.05) is 13.7 Å². The Bertz CT molecular complexity index is 420. The summed E-state index contributed by atoms with van der Waals surface area (Å²) in [7, 11) is 1.69. The summed E-state index contributed by atoms with van der Waals surface area (Å²) < 4.78 is 11.4. The predicted octanol–water partition coefficient (Wildman–Crippen LogP) is 4.40. The number of methoxy groups -OCH3 is 1. The number of rotatable bonds is 8. The van der Waals surface area contributed by atoms with Gasteiger partial charge in [0.1, 0.15) is 0 Å². The molecular weight excluding hydrogens is 262 g/mol. The van der Waals surface area contributed by atoms with Crippen molar-refractivity contribution in [1.82, 2.24) is 5.32 Å². The van der Waals surface area contributed by atoms with Gasteiger partial charge < -0.3 is 14.8 Å². The summed E-state index contributed by atoms with van der Waals surface area (Å²) in [5.74, 6) is 2.26. The van der Waals surface area contributed by atoms with Gasteiger partial charge in [-0.05, 0) is 44.4 Å². The molecule has 1 N–H and O–H groups in total. The van der Waals surface area contributed by atoms with Gasteiger partial charge in [-0.1, -0.05) is 32.8 Å². The quantitative estimate of drug-likeness (QED) is 0.770. The minimum Gasteiger partial charge on any atom is -0.493 e. The highest BCUT2D eigenvalue weighted by molar-refractivity contribution is 5.43. The molecule has 1 aromatic carbocycles. The first kappa shape index (κ1) is 17.8. The Kier molecular flexibility index (Phi) is 7.03. The maximum absolute atomic E-state index is 5.93. The Morgan fingerprint density at radius 1 is 1.10 bits per heavy atom. The van der Waals surface area contributed by atoms with Gasteiger partial charge in [0.25, 0.3) is 0 Å². The third-order valence-corrected chi connectivity index (χ3v) is 3.68. The van der Waals surface area contributed by atoms with E-state index in [1.807, 2.05) is 6.07 Å². The topological polar surface area (TPSA) is 30.5 Å². The highest BCUT2D eigenvalue weighted by Crippen LogP contribution is 2.29. The van der Waals surface area contributed by atoms with E-state index in [4.69, 9.17) is 9.47 Å². The van der Waals surface area contributed by atoms with Crippen molar-refractivity contribution in [2.45, 2.75) is 59.5 Å². The number of hydrogen-bond acceptors (Lipinski definition) is 3. The van der Waals surface area contributed by atoms with Crippen LogP contribution in [0.15, 0.2) is 18.2 Å². The van der Waals surface area contributed by atoms with Gasteiger partial charge in [-0.15, -0.1) is 0 Å². The summed E-state index contributed by atoms with van der Waals surface area (Å²) in [4.78, 5) is 0. The number of nitrogens with one attached hydrogen (secondary N) is 1. The first-order valence-electron chi connectivity index (χ1n) is 7.94. The molecule has 0 aliphatic rings. The van der Waals surface area contributed by atoms with Gasteiger partial charge in [-0.3, -0.25) is 0 Å². The second-order valence-corrected chi connectivity index (χ2v) is 6.58. The largest absolute Gasteiger partial charge is 0.493 e. The minimum atomic E-state index is 0.109. The van der Waals surface area contributed by atoms with E-state index in [0.717, 1.165) is 37.5 Å². The van der Waals surface area contributed by atoms with Gasteiger partial charge in [0, 0.05) is 12.1 Å². The average Bonchev–Trinajstić information content (AvgIpc) is 2.46. The summed E-state index contributed by atoms with van der Waals surface area (Å²) in [6.45, 7) is 12.5. The van der Waals surface area contributed by atoms with Crippen LogP contribution in [0, 0.1) is 5.92 Å². The van der Waals surface area contributed by atoms with Crippen LogP contribution in [0.2, 0.25) is 0 Å². The predicted molar refractivity (Wildman–Crippen MR) is 89.2 cm³/mol. The van der Waals surface area contributed by atoms with Crippen LogP contribution in [0.25, 0.3) is 0 Å². The molecule has 21 heavy (non-hydrogen) atoms. The monoisotopic (exact) mass is 293 g/mol. The fourth-order valence-electron chi connectivity index (χ4n) is 2.04. The number of ether oxygens (including phenoxy) is 2. The SMILES string of the molecule is CCC(CC)COc1ccc(CNC(C)(C)C)cc1OC. The molecule has 0 amide bonds. The van der Waals surface area contributed by atoms with Gasteiger partial charge in [0.2, 0.25) is 0 Å². The molecule has 0 saturated heterocycles. The van der Waals surface area contributed by atoms with Crippen LogP contribution in [0.3, 0.4) is 0 Å². The molecule has 0 aliphatic heterocycles. The average molecular weight is 293 g/mol. The van der Waals surface area contributed by atoms with Crippen LogP contribution in [0.5, 0.6) is 11.5 Å². The second kappa shape index (κ2) is 8.28. The van der Waals surface area contributed by atoms with Crippen molar-refractivity contribution < 1.29 is 9.47 Å². The third-order valence-electron chi connectivity index (χ3n) is 3.68. The van der Waals surface area contributed by atoms with Crippen LogP contribution in [-0.2, 0) is 6.54 Å². The van der Waals surface area contributed by atoms with Crippen molar-refractivity contribution in [3.63, 3.8) is 0 Å². The fourth-order valence-corrected chi connectivity index (χ4v) is 2.04. The molecule has 0 aliphatic carbocycles. The highest BCUT2D eigenvalue weighted by Gasteiger charge is 2.11. The van der Waals surface area contributed by atoms with Crippen molar-refractivity contribution >= 4 is 0 Å². The fraction of sp³-hybridized carbons (Fsp3) is 0.667. The molecule has 0 atom stereocenters. The first-order valence-corrected chi connectivity index (χ1v) is 7.94. The Morgan fingerprint density at radius 3 is 2.29 bits per heavy atom. The molecule has 0 heterocycles. The zero-order chi connectivity index (χ0) is 15.9. The van der Waals surface area contributed by atoms with E-state index in [9.17, 15) is 0 Å². The lowest BCUT2D eigenvalue weighted by Crippen LogP contribution is -2.35. The Labute approximate surface area is 130 Å². The van der Waals surface area contributed by atoms with Crippen LogP contribution in [0.1, 0.15) is 53.0 Å². The lowest BCUT2D eigenvalue weighted by molar-refractivity contribution is 0.230. The van der Waals surface area contributed by atoms with Crippen molar-refractivity contribution in [2.24, 2.45) is 5.92 Å². The van der Waals surface area contributed by atoms with E-state index in [-0.39, 0.29) is 5.54 Å². The summed E-state index contributed by atoms with van der Waals surface area (Å²) in [5, 5.41) is 3.48. The maximum Gasteiger partial charge on any atom is 0.161 e. The van der Waals surface area contributed by atoms with Crippen LogP contribution < -0.4 is 14.8 Å². The molecule has 3 nitrogen and oxygen atoms in total. The summed E-state index contributed by atoms with van der Waals surface area (Å²) in [6, 6.07) is 6.17. The van der Waals surface area contributed by atoms with E-state index >= 15 is 0 Å². The van der Waals surface area contributed by atoms with Crippen LogP contribution in [0.4, 0.5) is 0 Å². The van der Waals surface area contributed by atoms with E-state index < -0.39 is 0 Å². The van der Waals surface area contributed by atoms with Gasteiger partial charge >= 0.3 is 0 Å². The molecule has 0 unspecified atom stereocenters. The van der Waals surface area contributed by atoms with Gasteiger partial charge in [0.15, 0.2) is 11.5 Å². The van der Waals surface area contributed by atoms with Crippen molar-refractivity contribution in [3.05, 3.63) is 23.8 Å². The lowest BCUT2D eigenvalue weighted by Gasteiger charge is -2.21. The Balaban J connectivity index is 2.70. The van der Waals surface area contributed by atoms with Crippen LogP contribution in [-0.4, -0.2) is 19.3 Å². The van der Waals surface area contributed by atoms with Gasteiger partial charge in [0.05, 0.1) is 13.7 Å². The van der Waals surface area contributed by atoms with Gasteiger partial charge in [-0.2, -0.15) is 0 Å². The molecule has 1 rings (SSSR count). The van der Waals surface area contributed by atoms with Gasteiger partial charge in [-0.25, -0.2) is 0 Å². The molecule has 3 heteroatoms.